The van der Waals surface area contributed by atoms with Gasteiger partial charge in [0.05, 0.1) is 24.1 Å². The molecule has 0 unspecified atom stereocenters. The van der Waals surface area contributed by atoms with Crippen LogP contribution in [0.5, 0.6) is 5.75 Å². The average molecular weight is 307 g/mol. The average Bonchev–Trinajstić information content (AvgIpc) is 2.89. The van der Waals surface area contributed by atoms with Crippen LogP contribution in [0.2, 0.25) is 0 Å². The van der Waals surface area contributed by atoms with Crippen molar-refractivity contribution in [2.75, 3.05) is 7.11 Å². The van der Waals surface area contributed by atoms with Gasteiger partial charge in [-0.15, -0.1) is 0 Å². The van der Waals surface area contributed by atoms with Gasteiger partial charge in [-0.25, -0.2) is 4.68 Å². The molecule has 1 aromatic heterocycles. The molecule has 1 heterocycles. The van der Waals surface area contributed by atoms with E-state index in [-0.39, 0.29) is 11.3 Å². The summed E-state index contributed by atoms with van der Waals surface area (Å²) < 4.78 is 6.75. The Morgan fingerprint density at radius 3 is 2.43 bits per heavy atom. The van der Waals surface area contributed by atoms with Gasteiger partial charge in [0, 0.05) is 11.3 Å². The van der Waals surface area contributed by atoms with Gasteiger partial charge in [-0.3, -0.25) is 15.3 Å². The molecule has 0 bridgehead atoms. The first-order chi connectivity index (χ1) is 11.1. The minimum Gasteiger partial charge on any atom is -0.496 e. The van der Waals surface area contributed by atoms with Crippen LogP contribution in [0.3, 0.4) is 0 Å². The van der Waals surface area contributed by atoms with Gasteiger partial charge in [0.25, 0.3) is 5.56 Å². The molecule has 0 amide bonds. The van der Waals surface area contributed by atoms with E-state index in [9.17, 15) is 4.79 Å². The Bertz CT molecular complexity index is 908. The molecule has 5 heteroatoms. The number of rotatable bonds is 4. The zero-order chi connectivity index (χ0) is 16.4. The number of aromatic nitrogens is 2. The lowest BCUT2D eigenvalue weighted by Gasteiger charge is -2.08. The molecule has 0 aliphatic heterocycles. The Balaban J connectivity index is 2.13. The molecule has 2 N–H and O–H groups in total. The quantitative estimate of drug-likeness (QED) is 0.728. The van der Waals surface area contributed by atoms with Gasteiger partial charge in [0.1, 0.15) is 5.75 Å². The van der Waals surface area contributed by atoms with Crippen molar-refractivity contribution in [2.24, 2.45) is 0 Å². The largest absolute Gasteiger partial charge is 0.496 e. The number of aromatic amines is 1. The molecular weight excluding hydrogens is 290 g/mol. The monoisotopic (exact) mass is 307 g/mol. The number of benzene rings is 2. The predicted molar refractivity (Wildman–Crippen MR) is 90.1 cm³/mol. The summed E-state index contributed by atoms with van der Waals surface area (Å²) >= 11 is 0. The summed E-state index contributed by atoms with van der Waals surface area (Å²) in [6, 6.07) is 16.5. The zero-order valence-electron chi connectivity index (χ0n) is 13.0. The number of hydrogen-bond acceptors (Lipinski definition) is 3. The minimum atomic E-state index is -0.246. The van der Waals surface area contributed by atoms with E-state index in [1.165, 1.54) is 4.68 Å². The third kappa shape index (κ3) is 2.57. The molecule has 0 saturated heterocycles. The maximum absolute atomic E-state index is 12.8. The van der Waals surface area contributed by atoms with E-state index in [0.29, 0.717) is 22.6 Å². The second kappa shape index (κ2) is 5.96. The smallest absolute Gasteiger partial charge is 0.280 e. The number of aryl methyl sites for hydroxylation is 1. The van der Waals surface area contributed by atoms with Crippen LogP contribution in [0.25, 0.3) is 5.69 Å². The maximum atomic E-state index is 12.8. The molecule has 0 saturated carbocycles. The van der Waals surface area contributed by atoms with Crippen molar-refractivity contribution < 1.29 is 4.74 Å². The minimum absolute atomic E-state index is 0.149. The number of methoxy groups -OCH3 is 1. The van der Waals surface area contributed by atoms with Gasteiger partial charge in [0.2, 0.25) is 0 Å². The van der Waals surface area contributed by atoms with Crippen LogP contribution in [0.4, 0.5) is 0 Å². The fourth-order valence-corrected chi connectivity index (χ4v) is 2.59. The molecule has 3 rings (SSSR count). The normalized spacial score (nSPS) is 10.5. The molecule has 116 valence electrons. The predicted octanol–water partition coefficient (Wildman–Crippen LogP) is 2.90. The molecule has 0 spiro atoms. The number of ether oxygens (including phenoxy) is 1. The Hall–Kier alpha value is -3.08. The lowest BCUT2D eigenvalue weighted by atomic mass is 10.0. The van der Waals surface area contributed by atoms with Crippen molar-refractivity contribution in [2.45, 2.75) is 6.92 Å². The number of para-hydroxylation sites is 2. The number of nitrogens with one attached hydrogen (secondary N) is 2. The van der Waals surface area contributed by atoms with Crippen LogP contribution >= 0.6 is 0 Å². The highest BCUT2D eigenvalue weighted by molar-refractivity contribution is 6.13. The van der Waals surface area contributed by atoms with Crippen LogP contribution in [-0.2, 0) is 0 Å². The number of hydrogen-bond donors (Lipinski definition) is 2. The van der Waals surface area contributed by atoms with Gasteiger partial charge in [-0.1, -0.05) is 30.3 Å². The Kier molecular flexibility index (Phi) is 3.85. The van der Waals surface area contributed by atoms with Crippen molar-refractivity contribution in [3.8, 4) is 11.4 Å². The Morgan fingerprint density at radius 1 is 1.09 bits per heavy atom. The van der Waals surface area contributed by atoms with E-state index < -0.39 is 0 Å². The van der Waals surface area contributed by atoms with E-state index in [4.69, 9.17) is 10.1 Å². The van der Waals surface area contributed by atoms with E-state index in [0.717, 1.165) is 5.69 Å². The summed E-state index contributed by atoms with van der Waals surface area (Å²) in [5, 5.41) is 11.5. The summed E-state index contributed by atoms with van der Waals surface area (Å²) in [7, 11) is 1.55. The van der Waals surface area contributed by atoms with Crippen molar-refractivity contribution in [3.63, 3.8) is 0 Å². The molecule has 2 aromatic carbocycles. The third-order valence-corrected chi connectivity index (χ3v) is 3.71. The standard InChI is InChI=1S/C18H17N3O2/c1-12-16(17(19)14-10-6-7-11-15(14)23-2)18(22)21(20-12)13-8-4-3-5-9-13/h3-11,19-20H,1-2H3. The van der Waals surface area contributed by atoms with Gasteiger partial charge in [-0.05, 0) is 31.2 Å². The van der Waals surface area contributed by atoms with E-state index in [2.05, 4.69) is 5.10 Å². The second-order valence-corrected chi connectivity index (χ2v) is 5.16. The first-order valence-corrected chi connectivity index (χ1v) is 7.23. The van der Waals surface area contributed by atoms with Crippen molar-refractivity contribution in [1.29, 1.82) is 5.41 Å². The van der Waals surface area contributed by atoms with E-state index >= 15 is 0 Å². The molecule has 0 radical (unpaired) electrons. The van der Waals surface area contributed by atoms with Gasteiger partial charge < -0.3 is 4.74 Å². The molecule has 0 atom stereocenters. The third-order valence-electron chi connectivity index (χ3n) is 3.71. The van der Waals surface area contributed by atoms with E-state index in [1.807, 2.05) is 42.5 Å². The second-order valence-electron chi connectivity index (χ2n) is 5.16. The SMILES string of the molecule is COc1ccccc1C(=N)c1c(C)[nH]n(-c2ccccc2)c1=O. The first kappa shape index (κ1) is 14.8. The molecular formula is C18H17N3O2. The molecule has 5 nitrogen and oxygen atoms in total. The Labute approximate surface area is 133 Å². The highest BCUT2D eigenvalue weighted by Crippen LogP contribution is 2.21. The topological polar surface area (TPSA) is 70.9 Å². The van der Waals surface area contributed by atoms with Crippen LogP contribution in [0.1, 0.15) is 16.8 Å². The van der Waals surface area contributed by atoms with Crippen LogP contribution in [0.15, 0.2) is 59.4 Å². The van der Waals surface area contributed by atoms with Gasteiger partial charge in [-0.2, -0.15) is 0 Å². The maximum Gasteiger partial charge on any atom is 0.280 e. The summed E-state index contributed by atoms with van der Waals surface area (Å²) in [6.45, 7) is 1.79. The van der Waals surface area contributed by atoms with Crippen molar-refractivity contribution in [1.82, 2.24) is 9.78 Å². The molecule has 0 aliphatic carbocycles. The molecule has 3 aromatic rings. The molecule has 23 heavy (non-hydrogen) atoms. The number of H-pyrrole nitrogens is 1. The van der Waals surface area contributed by atoms with Crippen LogP contribution in [-0.4, -0.2) is 22.6 Å². The number of nitrogens with zero attached hydrogens (tertiary/aromatic N) is 1. The van der Waals surface area contributed by atoms with E-state index in [1.54, 1.807) is 26.2 Å². The van der Waals surface area contributed by atoms with Crippen molar-refractivity contribution in [3.05, 3.63) is 81.8 Å². The van der Waals surface area contributed by atoms with Crippen LogP contribution in [0, 0.1) is 12.3 Å². The highest BCUT2D eigenvalue weighted by atomic mass is 16.5. The van der Waals surface area contributed by atoms with Crippen LogP contribution < -0.4 is 10.3 Å². The fourth-order valence-electron chi connectivity index (χ4n) is 2.59. The summed E-state index contributed by atoms with van der Waals surface area (Å²) in [4.78, 5) is 12.8. The van der Waals surface area contributed by atoms with Gasteiger partial charge >= 0.3 is 0 Å². The van der Waals surface area contributed by atoms with Crippen molar-refractivity contribution >= 4 is 5.71 Å². The first-order valence-electron chi connectivity index (χ1n) is 7.23. The zero-order valence-corrected chi connectivity index (χ0v) is 13.0. The summed E-state index contributed by atoms with van der Waals surface area (Å²) in [5.41, 5.74) is 2.22. The Morgan fingerprint density at radius 2 is 1.74 bits per heavy atom. The lowest BCUT2D eigenvalue weighted by Crippen LogP contribution is -2.21. The highest BCUT2D eigenvalue weighted by Gasteiger charge is 2.20. The summed E-state index contributed by atoms with van der Waals surface area (Å²) in [5.74, 6) is 0.573. The summed E-state index contributed by atoms with van der Waals surface area (Å²) in [6.07, 6.45) is 0. The lowest BCUT2D eigenvalue weighted by molar-refractivity contribution is 0.414. The molecule has 0 fully saturated rings. The molecule has 0 aliphatic rings. The van der Waals surface area contributed by atoms with Gasteiger partial charge in [0.15, 0.2) is 0 Å². The fraction of sp³-hybridized carbons (Fsp3) is 0.111.